The summed E-state index contributed by atoms with van der Waals surface area (Å²) in [5.41, 5.74) is 2.06. The van der Waals surface area contributed by atoms with Crippen molar-refractivity contribution in [2.45, 2.75) is 37.9 Å². The molecule has 0 amide bonds. The van der Waals surface area contributed by atoms with Crippen LogP contribution in [0.15, 0.2) is 41.8 Å². The van der Waals surface area contributed by atoms with Crippen molar-refractivity contribution >= 4 is 10.1 Å². The second kappa shape index (κ2) is 5.38. The molecule has 0 unspecified atom stereocenters. The summed E-state index contributed by atoms with van der Waals surface area (Å²) in [6.45, 7) is 6.37. The van der Waals surface area contributed by atoms with Gasteiger partial charge in [-0.2, -0.15) is 8.42 Å². The molecule has 108 valence electrons. The molecular formula is C14H18N2O3S. The monoisotopic (exact) mass is 294 g/mol. The van der Waals surface area contributed by atoms with Crippen LogP contribution in [0.5, 0.6) is 0 Å². The molecule has 6 heteroatoms. The largest absolute Gasteiger partial charge is 0.334 e. The highest BCUT2D eigenvalue weighted by atomic mass is 32.2. The van der Waals surface area contributed by atoms with E-state index in [1.807, 2.05) is 24.3 Å². The van der Waals surface area contributed by atoms with Crippen molar-refractivity contribution in [3.05, 3.63) is 47.8 Å². The Labute approximate surface area is 119 Å². The van der Waals surface area contributed by atoms with Crippen LogP contribution in [0.2, 0.25) is 0 Å². The molecule has 1 aromatic heterocycles. The highest BCUT2D eigenvalue weighted by molar-refractivity contribution is 7.86. The Morgan fingerprint density at radius 1 is 1.20 bits per heavy atom. The summed E-state index contributed by atoms with van der Waals surface area (Å²) >= 11 is 0. The fourth-order valence-corrected chi connectivity index (χ4v) is 2.50. The van der Waals surface area contributed by atoms with Gasteiger partial charge >= 0.3 is 10.1 Å². The van der Waals surface area contributed by atoms with E-state index >= 15 is 0 Å². The fraction of sp³-hybridized carbons (Fsp3) is 0.357. The van der Waals surface area contributed by atoms with Crippen LogP contribution in [0, 0.1) is 0 Å². The first-order valence-corrected chi connectivity index (χ1v) is 7.68. The van der Waals surface area contributed by atoms with Crippen LogP contribution in [-0.4, -0.2) is 18.4 Å². The van der Waals surface area contributed by atoms with Crippen molar-refractivity contribution in [3.8, 4) is 0 Å². The van der Waals surface area contributed by atoms with E-state index in [9.17, 15) is 8.42 Å². The number of nitrogens with one attached hydrogen (secondary N) is 1. The zero-order valence-electron chi connectivity index (χ0n) is 11.8. The first-order chi connectivity index (χ1) is 9.29. The minimum atomic E-state index is -3.82. The summed E-state index contributed by atoms with van der Waals surface area (Å²) in [5.74, 6) is 0. The molecule has 0 saturated carbocycles. The van der Waals surface area contributed by atoms with Gasteiger partial charge in [-0.05, 0) is 16.5 Å². The van der Waals surface area contributed by atoms with Gasteiger partial charge in [-0.3, -0.25) is 4.18 Å². The average molecular weight is 294 g/mol. The van der Waals surface area contributed by atoms with Crippen molar-refractivity contribution in [1.82, 2.24) is 9.97 Å². The van der Waals surface area contributed by atoms with Gasteiger partial charge in [0.1, 0.15) is 0 Å². The number of hydrogen-bond acceptors (Lipinski definition) is 4. The number of rotatable bonds is 4. The topological polar surface area (TPSA) is 72.1 Å². The second-order valence-electron chi connectivity index (χ2n) is 5.56. The summed E-state index contributed by atoms with van der Waals surface area (Å²) in [4.78, 5) is 6.20. The molecule has 1 aromatic carbocycles. The molecule has 0 spiro atoms. The minimum absolute atomic E-state index is 0.00649. The maximum Gasteiger partial charge on any atom is 0.331 e. The molecule has 1 heterocycles. The van der Waals surface area contributed by atoms with Crippen LogP contribution in [0.25, 0.3) is 0 Å². The Kier molecular flexibility index (Phi) is 3.96. The third-order valence-corrected chi connectivity index (χ3v) is 4.04. The van der Waals surface area contributed by atoms with E-state index in [4.69, 9.17) is 4.18 Å². The van der Waals surface area contributed by atoms with Crippen molar-refractivity contribution in [2.24, 2.45) is 0 Å². The fourth-order valence-electron chi connectivity index (χ4n) is 1.69. The van der Waals surface area contributed by atoms with Crippen molar-refractivity contribution in [3.63, 3.8) is 0 Å². The maximum atomic E-state index is 11.8. The lowest BCUT2D eigenvalue weighted by Gasteiger charge is -2.19. The van der Waals surface area contributed by atoms with Crippen LogP contribution >= 0.6 is 0 Å². The predicted octanol–water partition coefficient (Wildman–Crippen LogP) is 2.61. The Morgan fingerprint density at radius 3 is 2.35 bits per heavy atom. The van der Waals surface area contributed by atoms with E-state index in [2.05, 4.69) is 30.7 Å². The zero-order chi connectivity index (χ0) is 14.8. The lowest BCUT2D eigenvalue weighted by Crippen LogP contribution is -2.11. The van der Waals surface area contributed by atoms with Gasteiger partial charge in [-0.25, -0.2) is 4.98 Å². The highest BCUT2D eigenvalue weighted by Crippen LogP contribution is 2.22. The van der Waals surface area contributed by atoms with Crippen molar-refractivity contribution in [2.75, 3.05) is 0 Å². The molecule has 2 aromatic rings. The molecule has 5 nitrogen and oxygen atoms in total. The molecule has 0 radical (unpaired) electrons. The van der Waals surface area contributed by atoms with E-state index in [0.717, 1.165) is 5.56 Å². The highest BCUT2D eigenvalue weighted by Gasteiger charge is 2.18. The van der Waals surface area contributed by atoms with E-state index in [1.54, 1.807) is 0 Å². The normalized spacial score (nSPS) is 12.6. The third kappa shape index (κ3) is 3.46. The third-order valence-electron chi connectivity index (χ3n) is 2.91. The number of nitrogens with zero attached hydrogens (tertiary/aromatic N) is 1. The van der Waals surface area contributed by atoms with Gasteiger partial charge in [-0.1, -0.05) is 45.0 Å². The molecule has 0 saturated heterocycles. The molecule has 0 aliphatic carbocycles. The molecule has 20 heavy (non-hydrogen) atoms. The number of aromatic nitrogens is 2. The first kappa shape index (κ1) is 14.7. The number of hydrogen-bond donors (Lipinski definition) is 1. The zero-order valence-corrected chi connectivity index (χ0v) is 12.6. The Hall–Kier alpha value is -1.66. The molecular weight excluding hydrogens is 276 g/mol. The number of H-pyrrole nitrogens is 1. The first-order valence-electron chi connectivity index (χ1n) is 6.27. The van der Waals surface area contributed by atoms with Gasteiger partial charge in [0, 0.05) is 12.4 Å². The number of benzene rings is 1. The molecule has 0 bridgehead atoms. The summed E-state index contributed by atoms with van der Waals surface area (Å²) in [6.07, 6.45) is 2.81. The van der Waals surface area contributed by atoms with Crippen molar-refractivity contribution in [1.29, 1.82) is 0 Å². The second-order valence-corrected chi connectivity index (χ2v) is 7.09. The number of imidazole rings is 1. The molecule has 0 aliphatic rings. The van der Waals surface area contributed by atoms with E-state index in [0.29, 0.717) is 0 Å². The molecule has 1 N–H and O–H groups in total. The van der Waals surface area contributed by atoms with Crippen molar-refractivity contribution < 1.29 is 12.6 Å². The van der Waals surface area contributed by atoms with Gasteiger partial charge < -0.3 is 4.98 Å². The summed E-state index contributed by atoms with van der Waals surface area (Å²) in [5, 5.41) is -0.177. The van der Waals surface area contributed by atoms with Gasteiger partial charge in [0.05, 0.1) is 6.61 Å². The van der Waals surface area contributed by atoms with Crippen LogP contribution in [-0.2, 0) is 26.3 Å². The summed E-state index contributed by atoms with van der Waals surface area (Å²) in [6, 6.07) is 7.72. The Morgan fingerprint density at radius 2 is 1.85 bits per heavy atom. The SMILES string of the molecule is CC(C)(C)c1ccc(COS(=O)(=O)c2ncc[nH]2)cc1. The average Bonchev–Trinajstić information content (AvgIpc) is 2.90. The van der Waals surface area contributed by atoms with E-state index in [-0.39, 0.29) is 17.2 Å². The quantitative estimate of drug-likeness (QED) is 0.880. The lowest BCUT2D eigenvalue weighted by molar-refractivity contribution is 0.305. The predicted molar refractivity (Wildman–Crippen MR) is 75.7 cm³/mol. The van der Waals surface area contributed by atoms with Gasteiger partial charge in [0.15, 0.2) is 0 Å². The van der Waals surface area contributed by atoms with Gasteiger partial charge in [0.25, 0.3) is 5.16 Å². The van der Waals surface area contributed by atoms with Crippen LogP contribution in [0.3, 0.4) is 0 Å². The van der Waals surface area contributed by atoms with Gasteiger partial charge in [-0.15, -0.1) is 0 Å². The standard InChI is InChI=1S/C14H18N2O3S/c1-14(2,3)12-6-4-11(5-7-12)10-19-20(17,18)13-15-8-9-16-13/h4-9H,10H2,1-3H3,(H,15,16). The van der Waals surface area contributed by atoms with Crippen LogP contribution in [0.4, 0.5) is 0 Å². The Bertz CT molecular complexity index is 653. The summed E-state index contributed by atoms with van der Waals surface area (Å²) in [7, 11) is -3.82. The van der Waals surface area contributed by atoms with E-state index < -0.39 is 10.1 Å². The Balaban J connectivity index is 2.05. The molecule has 0 aliphatic heterocycles. The number of aromatic amines is 1. The van der Waals surface area contributed by atoms with Crippen LogP contribution in [0.1, 0.15) is 31.9 Å². The smallest absolute Gasteiger partial charge is 0.331 e. The maximum absolute atomic E-state index is 11.8. The summed E-state index contributed by atoms with van der Waals surface area (Å²) < 4.78 is 28.5. The van der Waals surface area contributed by atoms with Gasteiger partial charge in [0.2, 0.25) is 0 Å². The van der Waals surface area contributed by atoms with Crippen LogP contribution < -0.4 is 0 Å². The molecule has 0 fully saturated rings. The molecule has 0 atom stereocenters. The lowest BCUT2D eigenvalue weighted by atomic mass is 9.87. The minimum Gasteiger partial charge on any atom is -0.334 e. The molecule has 2 rings (SSSR count). The van der Waals surface area contributed by atoms with E-state index in [1.165, 1.54) is 18.0 Å².